The van der Waals surface area contributed by atoms with Gasteiger partial charge in [0.2, 0.25) is 0 Å². The lowest BCUT2D eigenvalue weighted by atomic mass is 10.2. The molecule has 1 heterocycles. The molecule has 0 aliphatic carbocycles. The standard InChI is InChI=1S/C14H16N4OS/c1-9-7-16-14(17-8-9)20-12-6-10(4-5-11(12)15)13(19)18(2)3/h4-8H,15H2,1-3H3. The van der Waals surface area contributed by atoms with E-state index in [0.29, 0.717) is 16.4 Å². The van der Waals surface area contributed by atoms with Crippen molar-refractivity contribution in [1.82, 2.24) is 14.9 Å². The number of aryl methyl sites for hydroxylation is 1. The Hall–Kier alpha value is -2.08. The van der Waals surface area contributed by atoms with Crippen LogP contribution in [0.3, 0.4) is 0 Å². The van der Waals surface area contributed by atoms with Crippen LogP contribution in [0.5, 0.6) is 0 Å². The molecule has 0 bridgehead atoms. The summed E-state index contributed by atoms with van der Waals surface area (Å²) in [6, 6.07) is 5.22. The van der Waals surface area contributed by atoms with Crippen LogP contribution in [-0.4, -0.2) is 34.9 Å². The fraction of sp³-hybridized carbons (Fsp3) is 0.214. The van der Waals surface area contributed by atoms with E-state index in [-0.39, 0.29) is 5.91 Å². The predicted molar refractivity (Wildman–Crippen MR) is 79.8 cm³/mol. The molecule has 0 aliphatic rings. The Morgan fingerprint density at radius 3 is 2.50 bits per heavy atom. The number of amides is 1. The summed E-state index contributed by atoms with van der Waals surface area (Å²) in [5.74, 6) is -0.0586. The number of hydrogen-bond acceptors (Lipinski definition) is 5. The lowest BCUT2D eigenvalue weighted by molar-refractivity contribution is 0.0827. The lowest BCUT2D eigenvalue weighted by Crippen LogP contribution is -2.21. The first-order valence-electron chi connectivity index (χ1n) is 6.05. The maximum atomic E-state index is 11.9. The molecule has 0 saturated carbocycles. The van der Waals surface area contributed by atoms with E-state index >= 15 is 0 Å². The Morgan fingerprint density at radius 2 is 1.90 bits per heavy atom. The molecule has 104 valence electrons. The first-order valence-corrected chi connectivity index (χ1v) is 6.86. The Balaban J connectivity index is 2.29. The molecule has 5 nitrogen and oxygen atoms in total. The maximum absolute atomic E-state index is 11.9. The number of nitrogens with zero attached hydrogens (tertiary/aromatic N) is 3. The van der Waals surface area contributed by atoms with E-state index in [1.165, 1.54) is 16.7 Å². The summed E-state index contributed by atoms with van der Waals surface area (Å²) < 4.78 is 0. The minimum absolute atomic E-state index is 0.0586. The van der Waals surface area contributed by atoms with E-state index in [9.17, 15) is 4.79 Å². The summed E-state index contributed by atoms with van der Waals surface area (Å²) in [4.78, 5) is 22.7. The molecule has 2 aromatic rings. The van der Waals surface area contributed by atoms with E-state index < -0.39 is 0 Å². The molecule has 20 heavy (non-hydrogen) atoms. The minimum Gasteiger partial charge on any atom is -0.398 e. The minimum atomic E-state index is -0.0586. The third-order valence-electron chi connectivity index (χ3n) is 2.63. The molecule has 0 aliphatic heterocycles. The molecular formula is C14H16N4OS. The highest BCUT2D eigenvalue weighted by Gasteiger charge is 2.11. The number of benzene rings is 1. The van der Waals surface area contributed by atoms with Gasteiger partial charge in [-0.3, -0.25) is 4.79 Å². The van der Waals surface area contributed by atoms with Gasteiger partial charge in [-0.2, -0.15) is 0 Å². The van der Waals surface area contributed by atoms with Gasteiger partial charge in [-0.25, -0.2) is 9.97 Å². The molecule has 1 aromatic carbocycles. The van der Waals surface area contributed by atoms with Gasteiger partial charge in [0.15, 0.2) is 5.16 Å². The van der Waals surface area contributed by atoms with Crippen molar-refractivity contribution in [2.75, 3.05) is 19.8 Å². The van der Waals surface area contributed by atoms with Crippen LogP contribution in [0.2, 0.25) is 0 Å². The Bertz CT molecular complexity index is 626. The molecule has 0 spiro atoms. The van der Waals surface area contributed by atoms with Gasteiger partial charge < -0.3 is 10.6 Å². The molecule has 0 saturated heterocycles. The number of nitrogens with two attached hydrogens (primary N) is 1. The molecular weight excluding hydrogens is 272 g/mol. The number of anilines is 1. The summed E-state index contributed by atoms with van der Waals surface area (Å²) in [5.41, 5.74) is 8.14. The van der Waals surface area contributed by atoms with E-state index in [4.69, 9.17) is 5.73 Å². The second-order valence-electron chi connectivity index (χ2n) is 4.60. The second kappa shape index (κ2) is 5.92. The lowest BCUT2D eigenvalue weighted by Gasteiger charge is -2.12. The van der Waals surface area contributed by atoms with Gasteiger partial charge in [-0.1, -0.05) is 0 Å². The average molecular weight is 288 g/mol. The highest BCUT2D eigenvalue weighted by atomic mass is 32.2. The van der Waals surface area contributed by atoms with Crippen LogP contribution in [0, 0.1) is 6.92 Å². The van der Waals surface area contributed by atoms with Crippen LogP contribution < -0.4 is 5.73 Å². The SMILES string of the molecule is Cc1cnc(Sc2cc(C(=O)N(C)C)ccc2N)nc1. The molecule has 0 fully saturated rings. The number of carbonyl (C=O) groups is 1. The van der Waals surface area contributed by atoms with Crippen LogP contribution in [0.4, 0.5) is 5.69 Å². The number of hydrogen-bond donors (Lipinski definition) is 1. The zero-order valence-corrected chi connectivity index (χ0v) is 12.4. The Labute approximate surface area is 122 Å². The van der Waals surface area contributed by atoms with Gasteiger partial charge in [0, 0.05) is 42.6 Å². The summed E-state index contributed by atoms with van der Waals surface area (Å²) in [7, 11) is 3.43. The molecule has 0 atom stereocenters. The van der Waals surface area contributed by atoms with E-state index in [1.807, 2.05) is 6.92 Å². The largest absolute Gasteiger partial charge is 0.398 e. The summed E-state index contributed by atoms with van der Waals surface area (Å²) in [5, 5.41) is 0.608. The Morgan fingerprint density at radius 1 is 1.25 bits per heavy atom. The number of nitrogen functional groups attached to an aromatic ring is 1. The summed E-state index contributed by atoms with van der Waals surface area (Å²) >= 11 is 1.35. The van der Waals surface area contributed by atoms with Crippen molar-refractivity contribution in [2.45, 2.75) is 17.0 Å². The molecule has 1 amide bonds. The van der Waals surface area contributed by atoms with Crippen molar-refractivity contribution in [3.8, 4) is 0 Å². The number of carbonyl (C=O) groups excluding carboxylic acids is 1. The quantitative estimate of drug-likeness (QED) is 0.692. The molecule has 6 heteroatoms. The van der Waals surface area contributed by atoms with Gasteiger partial charge in [-0.05, 0) is 42.4 Å². The van der Waals surface area contributed by atoms with Crippen molar-refractivity contribution >= 4 is 23.4 Å². The third-order valence-corrected chi connectivity index (χ3v) is 3.59. The molecule has 0 unspecified atom stereocenters. The first kappa shape index (κ1) is 14.3. The zero-order valence-electron chi connectivity index (χ0n) is 11.6. The monoisotopic (exact) mass is 288 g/mol. The fourth-order valence-electron chi connectivity index (χ4n) is 1.55. The summed E-state index contributed by atoms with van der Waals surface area (Å²) in [6.45, 7) is 1.93. The van der Waals surface area contributed by atoms with Crippen LogP contribution in [-0.2, 0) is 0 Å². The maximum Gasteiger partial charge on any atom is 0.253 e. The Kier molecular flexibility index (Phi) is 4.24. The second-order valence-corrected chi connectivity index (χ2v) is 5.61. The van der Waals surface area contributed by atoms with E-state index in [1.54, 1.807) is 44.7 Å². The highest BCUT2D eigenvalue weighted by Crippen LogP contribution is 2.30. The van der Waals surface area contributed by atoms with Crippen molar-refractivity contribution in [3.05, 3.63) is 41.7 Å². The van der Waals surface area contributed by atoms with Gasteiger partial charge in [0.1, 0.15) is 0 Å². The van der Waals surface area contributed by atoms with Gasteiger partial charge >= 0.3 is 0 Å². The van der Waals surface area contributed by atoms with Gasteiger partial charge in [0.25, 0.3) is 5.91 Å². The molecule has 2 rings (SSSR count). The third kappa shape index (κ3) is 3.27. The number of rotatable bonds is 3. The van der Waals surface area contributed by atoms with Crippen LogP contribution in [0.15, 0.2) is 40.6 Å². The van der Waals surface area contributed by atoms with Crippen molar-refractivity contribution in [2.24, 2.45) is 0 Å². The van der Waals surface area contributed by atoms with Crippen molar-refractivity contribution in [1.29, 1.82) is 0 Å². The van der Waals surface area contributed by atoms with Crippen molar-refractivity contribution in [3.63, 3.8) is 0 Å². The van der Waals surface area contributed by atoms with Crippen molar-refractivity contribution < 1.29 is 4.79 Å². The van der Waals surface area contributed by atoms with Crippen LogP contribution in [0.1, 0.15) is 15.9 Å². The van der Waals surface area contributed by atoms with E-state index in [0.717, 1.165) is 10.5 Å². The van der Waals surface area contributed by atoms with Crippen LogP contribution in [0.25, 0.3) is 0 Å². The highest BCUT2D eigenvalue weighted by molar-refractivity contribution is 7.99. The van der Waals surface area contributed by atoms with Gasteiger partial charge in [0.05, 0.1) is 0 Å². The molecule has 1 aromatic heterocycles. The summed E-state index contributed by atoms with van der Waals surface area (Å²) in [6.07, 6.45) is 3.50. The zero-order chi connectivity index (χ0) is 14.7. The topological polar surface area (TPSA) is 72.1 Å². The normalized spacial score (nSPS) is 10.3. The molecule has 0 radical (unpaired) electrons. The predicted octanol–water partition coefficient (Wildman–Crippen LogP) is 2.22. The van der Waals surface area contributed by atoms with Crippen LogP contribution >= 0.6 is 11.8 Å². The van der Waals surface area contributed by atoms with E-state index in [2.05, 4.69) is 9.97 Å². The fourth-order valence-corrected chi connectivity index (χ4v) is 2.33. The smallest absolute Gasteiger partial charge is 0.253 e. The molecule has 2 N–H and O–H groups in total. The first-order chi connectivity index (χ1) is 9.47. The average Bonchev–Trinajstić information content (AvgIpc) is 2.43. The van der Waals surface area contributed by atoms with Gasteiger partial charge in [-0.15, -0.1) is 0 Å². The number of aromatic nitrogens is 2.